The Labute approximate surface area is 143 Å². The SMILES string of the molecule is CN(Cc1ccccc1)C1=NCC(c2ccccc2)N1.I. The fraction of sp³-hybridized carbons (Fsp3) is 0.235. The van der Waals surface area contributed by atoms with Gasteiger partial charge in [0.1, 0.15) is 0 Å². The minimum Gasteiger partial charge on any atom is -0.348 e. The van der Waals surface area contributed by atoms with E-state index >= 15 is 0 Å². The molecule has 2 aromatic rings. The third kappa shape index (κ3) is 3.97. The van der Waals surface area contributed by atoms with E-state index in [-0.39, 0.29) is 24.0 Å². The lowest BCUT2D eigenvalue weighted by molar-refractivity contribution is 0.480. The molecule has 0 aromatic heterocycles. The zero-order valence-corrected chi connectivity index (χ0v) is 14.4. The molecule has 1 N–H and O–H groups in total. The molecule has 0 aliphatic carbocycles. The maximum absolute atomic E-state index is 4.62. The lowest BCUT2D eigenvalue weighted by Crippen LogP contribution is -2.36. The van der Waals surface area contributed by atoms with Crippen LogP contribution in [0.1, 0.15) is 17.2 Å². The lowest BCUT2D eigenvalue weighted by atomic mass is 10.1. The van der Waals surface area contributed by atoms with Crippen LogP contribution in [0.3, 0.4) is 0 Å². The number of guanidine groups is 1. The summed E-state index contributed by atoms with van der Waals surface area (Å²) in [7, 11) is 2.08. The smallest absolute Gasteiger partial charge is 0.194 e. The van der Waals surface area contributed by atoms with Gasteiger partial charge in [-0.15, -0.1) is 24.0 Å². The van der Waals surface area contributed by atoms with Gasteiger partial charge in [0.15, 0.2) is 5.96 Å². The molecule has 1 unspecified atom stereocenters. The molecule has 3 nitrogen and oxygen atoms in total. The second kappa shape index (κ2) is 7.45. The Morgan fingerprint density at radius 3 is 2.33 bits per heavy atom. The van der Waals surface area contributed by atoms with Crippen molar-refractivity contribution in [2.75, 3.05) is 13.6 Å². The first-order valence-electron chi connectivity index (χ1n) is 6.94. The van der Waals surface area contributed by atoms with Gasteiger partial charge >= 0.3 is 0 Å². The number of hydrogen-bond donors (Lipinski definition) is 1. The van der Waals surface area contributed by atoms with Crippen LogP contribution < -0.4 is 5.32 Å². The van der Waals surface area contributed by atoms with Crippen molar-refractivity contribution in [3.8, 4) is 0 Å². The monoisotopic (exact) mass is 393 g/mol. The van der Waals surface area contributed by atoms with Crippen LogP contribution in [0.5, 0.6) is 0 Å². The average Bonchev–Trinajstić information content (AvgIpc) is 2.99. The highest BCUT2D eigenvalue weighted by Gasteiger charge is 2.21. The topological polar surface area (TPSA) is 27.6 Å². The maximum Gasteiger partial charge on any atom is 0.194 e. The van der Waals surface area contributed by atoms with Gasteiger partial charge in [-0.2, -0.15) is 0 Å². The Morgan fingerprint density at radius 2 is 1.67 bits per heavy atom. The third-order valence-corrected chi connectivity index (χ3v) is 3.55. The summed E-state index contributed by atoms with van der Waals surface area (Å²) in [6, 6.07) is 21.2. The number of aliphatic imine (C=N–C) groups is 1. The first kappa shape index (κ1) is 15.8. The Morgan fingerprint density at radius 1 is 1.05 bits per heavy atom. The van der Waals surface area contributed by atoms with Crippen molar-refractivity contribution in [3.05, 3.63) is 71.8 Å². The van der Waals surface area contributed by atoms with Gasteiger partial charge < -0.3 is 10.2 Å². The highest BCUT2D eigenvalue weighted by molar-refractivity contribution is 14.0. The van der Waals surface area contributed by atoms with E-state index in [1.165, 1.54) is 11.1 Å². The molecule has 0 fully saturated rings. The summed E-state index contributed by atoms with van der Waals surface area (Å²) in [6.07, 6.45) is 0. The summed E-state index contributed by atoms with van der Waals surface area (Å²) in [5.74, 6) is 0.975. The number of benzene rings is 2. The summed E-state index contributed by atoms with van der Waals surface area (Å²) < 4.78 is 0. The summed E-state index contributed by atoms with van der Waals surface area (Å²) in [4.78, 5) is 6.79. The van der Waals surface area contributed by atoms with E-state index in [9.17, 15) is 0 Å². The summed E-state index contributed by atoms with van der Waals surface area (Å²) in [5.41, 5.74) is 2.59. The number of halogens is 1. The molecule has 0 radical (unpaired) electrons. The van der Waals surface area contributed by atoms with Crippen molar-refractivity contribution < 1.29 is 0 Å². The van der Waals surface area contributed by atoms with E-state index in [1.54, 1.807) is 0 Å². The zero-order chi connectivity index (χ0) is 13.8. The van der Waals surface area contributed by atoms with Crippen LogP contribution in [-0.4, -0.2) is 24.5 Å². The molecule has 110 valence electrons. The van der Waals surface area contributed by atoms with E-state index in [1.807, 2.05) is 12.1 Å². The molecule has 1 aliphatic rings. The second-order valence-corrected chi connectivity index (χ2v) is 5.11. The third-order valence-electron chi connectivity index (χ3n) is 3.55. The van der Waals surface area contributed by atoms with Crippen molar-refractivity contribution in [3.63, 3.8) is 0 Å². The molecule has 2 aromatic carbocycles. The molecule has 1 heterocycles. The Kier molecular flexibility index (Phi) is 5.61. The summed E-state index contributed by atoms with van der Waals surface area (Å²) in [5, 5.41) is 3.50. The average molecular weight is 393 g/mol. The molecular weight excluding hydrogens is 373 g/mol. The van der Waals surface area contributed by atoms with Crippen molar-refractivity contribution in [1.82, 2.24) is 10.2 Å². The van der Waals surface area contributed by atoms with E-state index in [4.69, 9.17) is 0 Å². The molecule has 0 bridgehead atoms. The van der Waals surface area contributed by atoms with Crippen molar-refractivity contribution in [2.45, 2.75) is 12.6 Å². The predicted molar refractivity (Wildman–Crippen MR) is 97.9 cm³/mol. The molecule has 0 saturated carbocycles. The van der Waals surface area contributed by atoms with E-state index in [0.717, 1.165) is 19.0 Å². The maximum atomic E-state index is 4.62. The zero-order valence-electron chi connectivity index (χ0n) is 12.1. The van der Waals surface area contributed by atoms with E-state index in [2.05, 4.69) is 70.8 Å². The summed E-state index contributed by atoms with van der Waals surface area (Å²) >= 11 is 0. The molecule has 0 amide bonds. The number of hydrogen-bond acceptors (Lipinski definition) is 3. The highest BCUT2D eigenvalue weighted by Crippen LogP contribution is 2.18. The Balaban J connectivity index is 0.00000161. The molecule has 1 aliphatic heterocycles. The van der Waals surface area contributed by atoms with Gasteiger partial charge in [-0.05, 0) is 11.1 Å². The van der Waals surface area contributed by atoms with Gasteiger partial charge in [0.05, 0.1) is 12.6 Å². The predicted octanol–water partition coefficient (Wildman–Crippen LogP) is 3.44. The van der Waals surface area contributed by atoms with Gasteiger partial charge in [-0.25, -0.2) is 0 Å². The van der Waals surface area contributed by atoms with E-state index in [0.29, 0.717) is 6.04 Å². The van der Waals surface area contributed by atoms with Crippen LogP contribution in [0.15, 0.2) is 65.7 Å². The molecule has 21 heavy (non-hydrogen) atoms. The molecule has 1 atom stereocenters. The van der Waals surface area contributed by atoms with Gasteiger partial charge in [0, 0.05) is 13.6 Å². The fourth-order valence-electron chi connectivity index (χ4n) is 2.46. The van der Waals surface area contributed by atoms with Crippen LogP contribution >= 0.6 is 24.0 Å². The van der Waals surface area contributed by atoms with Gasteiger partial charge in [0.25, 0.3) is 0 Å². The van der Waals surface area contributed by atoms with E-state index < -0.39 is 0 Å². The molecule has 4 heteroatoms. The Hall–Kier alpha value is -1.56. The molecule has 3 rings (SSSR count). The van der Waals surface area contributed by atoms with Gasteiger partial charge in [0.2, 0.25) is 0 Å². The number of nitrogens with one attached hydrogen (secondary N) is 1. The van der Waals surface area contributed by atoms with Crippen molar-refractivity contribution >= 4 is 29.9 Å². The first-order valence-corrected chi connectivity index (χ1v) is 6.94. The number of nitrogens with zero attached hydrogens (tertiary/aromatic N) is 2. The fourth-order valence-corrected chi connectivity index (χ4v) is 2.46. The largest absolute Gasteiger partial charge is 0.348 e. The molecular formula is C17H20IN3. The van der Waals surface area contributed by atoms with Crippen LogP contribution in [0.4, 0.5) is 0 Å². The van der Waals surface area contributed by atoms with Crippen LogP contribution in [0, 0.1) is 0 Å². The number of rotatable bonds is 3. The molecule has 0 spiro atoms. The minimum absolute atomic E-state index is 0. The second-order valence-electron chi connectivity index (χ2n) is 5.11. The van der Waals surface area contributed by atoms with Crippen LogP contribution in [0.25, 0.3) is 0 Å². The minimum atomic E-state index is 0. The Bertz CT molecular complexity index is 583. The van der Waals surface area contributed by atoms with Crippen LogP contribution in [0.2, 0.25) is 0 Å². The van der Waals surface area contributed by atoms with Gasteiger partial charge in [-0.1, -0.05) is 60.7 Å². The highest BCUT2D eigenvalue weighted by atomic mass is 127. The molecule has 0 saturated heterocycles. The quantitative estimate of drug-likeness (QED) is 0.810. The van der Waals surface area contributed by atoms with Gasteiger partial charge in [-0.3, -0.25) is 4.99 Å². The first-order chi connectivity index (χ1) is 9.83. The summed E-state index contributed by atoms with van der Waals surface area (Å²) in [6.45, 7) is 1.67. The van der Waals surface area contributed by atoms with Crippen molar-refractivity contribution in [1.29, 1.82) is 0 Å². The van der Waals surface area contributed by atoms with Crippen LogP contribution in [-0.2, 0) is 6.54 Å². The standard InChI is InChI=1S/C17H19N3.HI/c1-20(13-14-8-4-2-5-9-14)17-18-12-16(19-17)15-10-6-3-7-11-15;/h2-11,16H,12-13H2,1H3,(H,18,19);1H. The lowest BCUT2D eigenvalue weighted by Gasteiger charge is -2.21. The van der Waals surface area contributed by atoms with Crippen molar-refractivity contribution in [2.24, 2.45) is 4.99 Å². The normalized spacial score (nSPS) is 16.6.